The Bertz CT molecular complexity index is 391. The summed E-state index contributed by atoms with van der Waals surface area (Å²) < 4.78 is 5.64. The van der Waals surface area contributed by atoms with Crippen molar-refractivity contribution < 1.29 is 9.53 Å². The van der Waals surface area contributed by atoms with Gasteiger partial charge in [-0.25, -0.2) is 0 Å². The molecule has 1 aromatic carbocycles. The number of nitrogens with zero attached hydrogens (tertiary/aromatic N) is 1. The number of rotatable bonds is 4. The van der Waals surface area contributed by atoms with E-state index in [4.69, 9.17) is 4.74 Å². The van der Waals surface area contributed by atoms with E-state index in [1.165, 1.54) is 0 Å². The van der Waals surface area contributed by atoms with Gasteiger partial charge in [-0.3, -0.25) is 9.69 Å². The zero-order chi connectivity index (χ0) is 13.0. The van der Waals surface area contributed by atoms with Crippen molar-refractivity contribution in [1.82, 2.24) is 4.90 Å². The van der Waals surface area contributed by atoms with Gasteiger partial charge < -0.3 is 4.74 Å². The summed E-state index contributed by atoms with van der Waals surface area (Å²) in [5.74, 6) is 0.201. The van der Waals surface area contributed by atoms with Crippen molar-refractivity contribution in [3.05, 3.63) is 35.9 Å². The minimum Gasteiger partial charge on any atom is -0.376 e. The second kappa shape index (κ2) is 6.12. The summed E-state index contributed by atoms with van der Waals surface area (Å²) in [4.78, 5) is 14.6. The highest BCUT2D eigenvalue weighted by atomic mass is 16.5. The van der Waals surface area contributed by atoms with Crippen LogP contribution in [0, 0.1) is 0 Å². The molecule has 18 heavy (non-hydrogen) atoms. The Balaban J connectivity index is 2.02. The Labute approximate surface area is 109 Å². The highest BCUT2D eigenvalue weighted by Crippen LogP contribution is 2.14. The number of carbonyl (C=O) groups is 1. The average Bonchev–Trinajstić information content (AvgIpc) is 2.46. The van der Waals surface area contributed by atoms with Crippen LogP contribution in [-0.2, 0) is 4.74 Å². The van der Waals surface area contributed by atoms with Gasteiger partial charge in [0.1, 0.15) is 0 Å². The molecule has 0 saturated carbocycles. The van der Waals surface area contributed by atoms with Gasteiger partial charge in [0, 0.05) is 18.7 Å². The fraction of sp³-hybridized carbons (Fsp3) is 0.533. The Kier molecular flexibility index (Phi) is 4.50. The van der Waals surface area contributed by atoms with Crippen LogP contribution >= 0.6 is 0 Å². The molecule has 1 aromatic rings. The third-order valence-corrected chi connectivity index (χ3v) is 3.61. The number of carbonyl (C=O) groups excluding carboxylic acids is 1. The summed E-state index contributed by atoms with van der Waals surface area (Å²) in [6.45, 7) is 6.54. The molecule has 3 heteroatoms. The number of morpholine rings is 1. The van der Waals surface area contributed by atoms with Crippen molar-refractivity contribution in [2.75, 3.05) is 19.7 Å². The summed E-state index contributed by atoms with van der Waals surface area (Å²) >= 11 is 0. The number of ether oxygens (including phenoxy) is 1. The Hall–Kier alpha value is -1.19. The maximum atomic E-state index is 12.4. The zero-order valence-corrected chi connectivity index (χ0v) is 11.1. The molecule has 3 nitrogen and oxygen atoms in total. The van der Waals surface area contributed by atoms with Gasteiger partial charge in [0.05, 0.1) is 18.8 Å². The Morgan fingerprint density at radius 1 is 1.44 bits per heavy atom. The molecule has 0 N–H and O–H groups in total. The van der Waals surface area contributed by atoms with Crippen molar-refractivity contribution in [3.63, 3.8) is 0 Å². The summed E-state index contributed by atoms with van der Waals surface area (Å²) in [7, 11) is 0. The molecule has 0 radical (unpaired) electrons. The van der Waals surface area contributed by atoms with Gasteiger partial charge in [0.2, 0.25) is 0 Å². The van der Waals surface area contributed by atoms with Crippen molar-refractivity contribution in [2.45, 2.75) is 32.4 Å². The first-order chi connectivity index (χ1) is 8.72. The molecule has 0 aliphatic carbocycles. The van der Waals surface area contributed by atoms with Crippen LogP contribution in [0.1, 0.15) is 30.6 Å². The van der Waals surface area contributed by atoms with Crippen LogP contribution in [0.15, 0.2) is 30.3 Å². The number of benzene rings is 1. The quantitative estimate of drug-likeness (QED) is 0.765. The van der Waals surface area contributed by atoms with Gasteiger partial charge >= 0.3 is 0 Å². The molecule has 2 unspecified atom stereocenters. The van der Waals surface area contributed by atoms with Crippen molar-refractivity contribution >= 4 is 5.78 Å². The molecule has 2 atom stereocenters. The maximum Gasteiger partial charge on any atom is 0.179 e. The topological polar surface area (TPSA) is 29.5 Å². The minimum absolute atomic E-state index is 0.0645. The maximum absolute atomic E-state index is 12.4. The SMILES string of the molecule is CCC1CN(C(C)C(=O)c2ccccc2)CCO1. The van der Waals surface area contributed by atoms with Crippen LogP contribution in [0.2, 0.25) is 0 Å². The summed E-state index contributed by atoms with van der Waals surface area (Å²) in [6, 6.07) is 9.46. The van der Waals surface area contributed by atoms with Crippen LogP contribution in [0.5, 0.6) is 0 Å². The van der Waals surface area contributed by atoms with Crippen LogP contribution in [0.25, 0.3) is 0 Å². The van der Waals surface area contributed by atoms with Crippen LogP contribution in [0.3, 0.4) is 0 Å². The smallest absolute Gasteiger partial charge is 0.179 e. The van der Waals surface area contributed by atoms with Crippen molar-refractivity contribution in [2.24, 2.45) is 0 Å². The zero-order valence-electron chi connectivity index (χ0n) is 11.1. The van der Waals surface area contributed by atoms with Gasteiger partial charge in [0.15, 0.2) is 5.78 Å². The van der Waals surface area contributed by atoms with E-state index >= 15 is 0 Å². The first-order valence-electron chi connectivity index (χ1n) is 6.67. The fourth-order valence-electron chi connectivity index (χ4n) is 2.35. The monoisotopic (exact) mass is 247 g/mol. The number of Topliss-reactive ketones (excluding diaryl/α,β-unsaturated/α-hetero) is 1. The molecule has 2 rings (SSSR count). The molecule has 0 bridgehead atoms. The molecule has 1 heterocycles. The Morgan fingerprint density at radius 2 is 2.17 bits per heavy atom. The van der Waals surface area contributed by atoms with Gasteiger partial charge in [-0.15, -0.1) is 0 Å². The third kappa shape index (κ3) is 2.98. The molecule has 0 spiro atoms. The Morgan fingerprint density at radius 3 is 2.83 bits per heavy atom. The predicted octanol–water partition coefficient (Wildman–Crippen LogP) is 2.37. The molecule has 1 aliphatic rings. The molecule has 98 valence electrons. The van der Waals surface area contributed by atoms with Gasteiger partial charge in [-0.05, 0) is 13.3 Å². The largest absolute Gasteiger partial charge is 0.376 e. The lowest BCUT2D eigenvalue weighted by Crippen LogP contribution is -2.49. The first kappa shape index (κ1) is 13.2. The first-order valence-corrected chi connectivity index (χ1v) is 6.67. The number of hydrogen-bond donors (Lipinski definition) is 0. The number of hydrogen-bond acceptors (Lipinski definition) is 3. The van der Waals surface area contributed by atoms with E-state index in [1.54, 1.807) is 0 Å². The van der Waals surface area contributed by atoms with E-state index in [1.807, 2.05) is 37.3 Å². The third-order valence-electron chi connectivity index (χ3n) is 3.61. The highest BCUT2D eigenvalue weighted by Gasteiger charge is 2.27. The average molecular weight is 247 g/mol. The predicted molar refractivity (Wildman–Crippen MR) is 71.8 cm³/mol. The van der Waals surface area contributed by atoms with E-state index in [-0.39, 0.29) is 17.9 Å². The van der Waals surface area contributed by atoms with Gasteiger partial charge in [-0.1, -0.05) is 37.3 Å². The van der Waals surface area contributed by atoms with Gasteiger partial charge in [-0.2, -0.15) is 0 Å². The molecule has 0 amide bonds. The van der Waals surface area contributed by atoms with Crippen LogP contribution < -0.4 is 0 Å². The standard InChI is InChI=1S/C15H21NO2/c1-3-14-11-16(9-10-18-14)12(2)15(17)13-7-5-4-6-8-13/h4-8,12,14H,3,9-11H2,1-2H3. The molecule has 1 fully saturated rings. The summed E-state index contributed by atoms with van der Waals surface area (Å²) in [6.07, 6.45) is 1.27. The lowest BCUT2D eigenvalue weighted by atomic mass is 10.0. The van der Waals surface area contributed by atoms with E-state index < -0.39 is 0 Å². The van der Waals surface area contributed by atoms with Crippen LogP contribution in [-0.4, -0.2) is 42.5 Å². The number of ketones is 1. The molecular weight excluding hydrogens is 226 g/mol. The van der Waals surface area contributed by atoms with Crippen molar-refractivity contribution in [1.29, 1.82) is 0 Å². The minimum atomic E-state index is -0.0645. The molecular formula is C15H21NO2. The lowest BCUT2D eigenvalue weighted by Gasteiger charge is -2.35. The van der Waals surface area contributed by atoms with E-state index in [9.17, 15) is 4.79 Å². The molecule has 0 aromatic heterocycles. The molecule has 1 saturated heterocycles. The summed E-state index contributed by atoms with van der Waals surface area (Å²) in [5.41, 5.74) is 0.796. The van der Waals surface area contributed by atoms with Crippen LogP contribution in [0.4, 0.5) is 0 Å². The van der Waals surface area contributed by atoms with E-state index in [0.29, 0.717) is 0 Å². The lowest BCUT2D eigenvalue weighted by molar-refractivity contribution is -0.0382. The normalized spacial score (nSPS) is 22.7. The summed E-state index contributed by atoms with van der Waals surface area (Å²) in [5, 5.41) is 0. The second-order valence-electron chi connectivity index (χ2n) is 4.80. The highest BCUT2D eigenvalue weighted by molar-refractivity contribution is 5.99. The van der Waals surface area contributed by atoms with E-state index in [2.05, 4.69) is 11.8 Å². The molecule has 1 aliphatic heterocycles. The second-order valence-corrected chi connectivity index (χ2v) is 4.80. The van der Waals surface area contributed by atoms with Gasteiger partial charge in [0.25, 0.3) is 0 Å². The fourth-order valence-corrected chi connectivity index (χ4v) is 2.35. The van der Waals surface area contributed by atoms with E-state index in [0.717, 1.165) is 31.7 Å². The van der Waals surface area contributed by atoms with Crippen molar-refractivity contribution in [3.8, 4) is 0 Å².